The van der Waals surface area contributed by atoms with Crippen molar-refractivity contribution >= 4 is 5.70 Å². The lowest BCUT2D eigenvalue weighted by Crippen LogP contribution is -2.30. The average Bonchev–Trinajstić information content (AvgIpc) is 3.03. The van der Waals surface area contributed by atoms with Crippen LogP contribution in [0.3, 0.4) is 0 Å². The number of nitrogens with zero attached hydrogens (tertiary/aromatic N) is 3. The lowest BCUT2D eigenvalue weighted by atomic mass is 10.1. The smallest absolute Gasteiger partial charge is 0.237 e. The fourth-order valence-corrected chi connectivity index (χ4v) is 2.95. The topological polar surface area (TPSA) is 21.7 Å². The van der Waals surface area contributed by atoms with Crippen molar-refractivity contribution in [2.45, 2.75) is 84.1 Å². The SMILES string of the molecule is CCCCCCCCCCC[n+]1cnn(C2=CCCC=C2)c1. The Labute approximate surface area is 135 Å². The summed E-state index contributed by atoms with van der Waals surface area (Å²) in [7, 11) is 0. The third kappa shape index (κ3) is 6.17. The molecule has 1 heterocycles. The molecule has 0 aliphatic heterocycles. The highest BCUT2D eigenvalue weighted by atomic mass is 15.4. The molecule has 1 aliphatic carbocycles. The molecule has 0 saturated carbocycles. The van der Waals surface area contributed by atoms with Crippen LogP contribution in [0.4, 0.5) is 0 Å². The second-order valence-electron chi connectivity index (χ2n) is 6.37. The number of allylic oxidation sites excluding steroid dienone is 4. The van der Waals surface area contributed by atoms with Crippen molar-refractivity contribution in [3.8, 4) is 0 Å². The molecule has 1 aromatic heterocycles. The summed E-state index contributed by atoms with van der Waals surface area (Å²) in [6, 6.07) is 0. The molecule has 122 valence electrons. The molecule has 0 radical (unpaired) electrons. The fraction of sp³-hybridized carbons (Fsp3) is 0.684. The minimum Gasteiger partial charge on any atom is -0.237 e. The Kier molecular flexibility index (Phi) is 8.00. The van der Waals surface area contributed by atoms with E-state index in [-0.39, 0.29) is 0 Å². The van der Waals surface area contributed by atoms with Crippen LogP contribution in [0, 0.1) is 0 Å². The first-order valence-corrected chi connectivity index (χ1v) is 9.21. The number of aromatic nitrogens is 3. The summed E-state index contributed by atoms with van der Waals surface area (Å²) < 4.78 is 4.20. The lowest BCUT2D eigenvalue weighted by Gasteiger charge is -2.01. The van der Waals surface area contributed by atoms with Gasteiger partial charge in [0.05, 0.1) is 6.54 Å². The van der Waals surface area contributed by atoms with E-state index in [1.165, 1.54) is 63.5 Å². The molecule has 0 N–H and O–H groups in total. The van der Waals surface area contributed by atoms with Gasteiger partial charge in [-0.2, -0.15) is 0 Å². The van der Waals surface area contributed by atoms with Gasteiger partial charge >= 0.3 is 0 Å². The number of aryl methyl sites for hydroxylation is 1. The first-order valence-electron chi connectivity index (χ1n) is 9.21. The number of rotatable bonds is 11. The first kappa shape index (κ1) is 17.0. The minimum atomic E-state index is 1.09. The van der Waals surface area contributed by atoms with Crippen molar-refractivity contribution in [2.24, 2.45) is 0 Å². The normalized spacial score (nSPS) is 14.3. The van der Waals surface area contributed by atoms with E-state index in [0.717, 1.165) is 19.4 Å². The number of hydrogen-bond donors (Lipinski definition) is 0. The van der Waals surface area contributed by atoms with Crippen LogP contribution >= 0.6 is 0 Å². The Morgan fingerprint density at radius 1 is 1.00 bits per heavy atom. The maximum Gasteiger partial charge on any atom is 0.265 e. The van der Waals surface area contributed by atoms with Gasteiger partial charge in [0.1, 0.15) is 5.70 Å². The Hall–Kier alpha value is -1.38. The van der Waals surface area contributed by atoms with Gasteiger partial charge in [-0.1, -0.05) is 69.0 Å². The van der Waals surface area contributed by atoms with Gasteiger partial charge in [0.2, 0.25) is 6.33 Å². The molecule has 3 heteroatoms. The summed E-state index contributed by atoms with van der Waals surface area (Å²) >= 11 is 0. The zero-order chi connectivity index (χ0) is 15.5. The largest absolute Gasteiger partial charge is 0.265 e. The maximum absolute atomic E-state index is 4.46. The second-order valence-corrected chi connectivity index (χ2v) is 6.37. The molecule has 0 atom stereocenters. The van der Waals surface area contributed by atoms with Crippen molar-refractivity contribution in [3.63, 3.8) is 0 Å². The van der Waals surface area contributed by atoms with Crippen LogP contribution in [0.5, 0.6) is 0 Å². The molecule has 0 aromatic carbocycles. The van der Waals surface area contributed by atoms with E-state index in [2.05, 4.69) is 41.1 Å². The molecular weight excluding hydrogens is 270 g/mol. The van der Waals surface area contributed by atoms with Gasteiger partial charge in [0.25, 0.3) is 6.33 Å². The van der Waals surface area contributed by atoms with Gasteiger partial charge in [-0.25, -0.2) is 4.57 Å². The molecule has 0 spiro atoms. The fourth-order valence-electron chi connectivity index (χ4n) is 2.95. The summed E-state index contributed by atoms with van der Waals surface area (Å²) in [5.74, 6) is 0. The van der Waals surface area contributed by atoms with Gasteiger partial charge in [0, 0.05) is 5.10 Å². The van der Waals surface area contributed by atoms with E-state index in [1.54, 1.807) is 0 Å². The maximum atomic E-state index is 4.46. The molecule has 0 amide bonds. The minimum absolute atomic E-state index is 1.09. The van der Waals surface area contributed by atoms with Crippen molar-refractivity contribution in [3.05, 3.63) is 30.9 Å². The Morgan fingerprint density at radius 3 is 2.41 bits per heavy atom. The summed E-state index contributed by atoms with van der Waals surface area (Å²) in [5, 5.41) is 4.46. The zero-order valence-corrected chi connectivity index (χ0v) is 14.2. The van der Waals surface area contributed by atoms with Crippen LogP contribution in [-0.4, -0.2) is 9.78 Å². The van der Waals surface area contributed by atoms with Gasteiger partial charge in [-0.3, -0.25) is 0 Å². The Morgan fingerprint density at radius 2 is 1.73 bits per heavy atom. The molecule has 0 saturated heterocycles. The van der Waals surface area contributed by atoms with Crippen LogP contribution in [0.15, 0.2) is 30.9 Å². The molecule has 0 fully saturated rings. The van der Waals surface area contributed by atoms with Crippen LogP contribution in [-0.2, 0) is 6.54 Å². The standard InChI is InChI=1S/C19H32N3/c1-2-3-4-5-6-7-8-9-13-16-21-17-20-22(18-21)19-14-11-10-12-15-19/h11,14-15,17-18H,2-10,12-13,16H2,1H3/q+1. The molecular formula is C19H32N3+. The highest BCUT2D eigenvalue weighted by Crippen LogP contribution is 2.12. The Bertz CT molecular complexity index is 471. The molecule has 22 heavy (non-hydrogen) atoms. The molecule has 0 unspecified atom stereocenters. The van der Waals surface area contributed by atoms with E-state index >= 15 is 0 Å². The highest BCUT2D eigenvalue weighted by molar-refractivity contribution is 5.56. The predicted octanol–water partition coefficient (Wildman–Crippen LogP) is 4.89. The van der Waals surface area contributed by atoms with Crippen molar-refractivity contribution in [2.75, 3.05) is 0 Å². The van der Waals surface area contributed by atoms with Gasteiger partial charge in [0.15, 0.2) is 0 Å². The number of hydrogen-bond acceptors (Lipinski definition) is 1. The summed E-state index contributed by atoms with van der Waals surface area (Å²) in [5.41, 5.74) is 1.21. The van der Waals surface area contributed by atoms with Crippen molar-refractivity contribution < 1.29 is 4.57 Å². The summed E-state index contributed by atoms with van der Waals surface area (Å²) in [4.78, 5) is 0. The predicted molar refractivity (Wildman–Crippen MR) is 92.3 cm³/mol. The average molecular weight is 302 g/mol. The monoisotopic (exact) mass is 302 g/mol. The van der Waals surface area contributed by atoms with E-state index in [1.807, 2.05) is 11.0 Å². The van der Waals surface area contributed by atoms with Crippen molar-refractivity contribution in [1.82, 2.24) is 9.78 Å². The third-order valence-corrected chi connectivity index (χ3v) is 4.34. The first-order chi connectivity index (χ1) is 10.9. The molecule has 1 aromatic rings. The molecule has 1 aliphatic rings. The van der Waals surface area contributed by atoms with E-state index < -0.39 is 0 Å². The van der Waals surface area contributed by atoms with Crippen molar-refractivity contribution in [1.29, 1.82) is 0 Å². The molecule has 0 bridgehead atoms. The van der Waals surface area contributed by atoms with E-state index in [9.17, 15) is 0 Å². The quantitative estimate of drug-likeness (QED) is 0.421. The van der Waals surface area contributed by atoms with Gasteiger partial charge in [-0.05, 0) is 31.4 Å². The number of unbranched alkanes of at least 4 members (excludes halogenated alkanes) is 8. The molecule has 3 nitrogen and oxygen atoms in total. The third-order valence-electron chi connectivity index (χ3n) is 4.34. The Balaban J connectivity index is 1.55. The van der Waals surface area contributed by atoms with E-state index in [4.69, 9.17) is 0 Å². The lowest BCUT2D eigenvalue weighted by molar-refractivity contribution is -0.697. The van der Waals surface area contributed by atoms with Crippen LogP contribution in [0.25, 0.3) is 5.70 Å². The van der Waals surface area contributed by atoms with Gasteiger partial charge < -0.3 is 0 Å². The zero-order valence-electron chi connectivity index (χ0n) is 14.2. The highest BCUT2D eigenvalue weighted by Gasteiger charge is 2.10. The second kappa shape index (κ2) is 10.4. The summed E-state index contributed by atoms with van der Waals surface area (Å²) in [6.45, 7) is 3.37. The van der Waals surface area contributed by atoms with Crippen LogP contribution < -0.4 is 4.57 Å². The molecule has 2 rings (SSSR count). The van der Waals surface area contributed by atoms with Gasteiger partial charge in [-0.15, -0.1) is 0 Å². The van der Waals surface area contributed by atoms with Crippen LogP contribution in [0.2, 0.25) is 0 Å². The van der Waals surface area contributed by atoms with Crippen LogP contribution in [0.1, 0.15) is 77.6 Å². The summed E-state index contributed by atoms with van der Waals surface area (Å²) in [6.07, 6.45) is 25.4. The van der Waals surface area contributed by atoms with E-state index in [0.29, 0.717) is 0 Å².